The SMILES string of the molecule is CCC(NC(=O)OCc1ccccc1)C(=O)Cn1nnnc1Cc1c(C)cccc1C. The van der Waals surface area contributed by atoms with Gasteiger partial charge in [-0.3, -0.25) is 4.79 Å². The predicted octanol–water partition coefficient (Wildman–Crippen LogP) is 3.15. The number of carbonyl (C=O) groups is 2. The second-order valence-corrected chi connectivity index (χ2v) is 7.43. The Kier molecular flexibility index (Phi) is 7.48. The van der Waals surface area contributed by atoms with Crippen molar-refractivity contribution in [3.05, 3.63) is 76.6 Å². The maximum Gasteiger partial charge on any atom is 0.408 e. The highest BCUT2D eigenvalue weighted by Crippen LogP contribution is 2.16. The number of hydrogen-bond donors (Lipinski definition) is 1. The minimum absolute atomic E-state index is 0.0231. The molecule has 1 heterocycles. The van der Waals surface area contributed by atoms with Crippen molar-refractivity contribution in [3.63, 3.8) is 0 Å². The van der Waals surface area contributed by atoms with Gasteiger partial charge in [-0.15, -0.1) is 5.10 Å². The van der Waals surface area contributed by atoms with Gasteiger partial charge in [0.25, 0.3) is 0 Å². The first kappa shape index (κ1) is 22.1. The monoisotopic (exact) mass is 421 g/mol. The number of rotatable bonds is 9. The Morgan fingerprint density at radius 3 is 2.45 bits per heavy atom. The molecule has 1 amide bonds. The van der Waals surface area contributed by atoms with E-state index >= 15 is 0 Å². The van der Waals surface area contributed by atoms with Crippen molar-refractivity contribution in [2.24, 2.45) is 0 Å². The smallest absolute Gasteiger partial charge is 0.408 e. The lowest BCUT2D eigenvalue weighted by Crippen LogP contribution is -2.42. The van der Waals surface area contributed by atoms with Crippen LogP contribution in [0.3, 0.4) is 0 Å². The van der Waals surface area contributed by atoms with Crippen molar-refractivity contribution in [2.45, 2.75) is 52.8 Å². The largest absolute Gasteiger partial charge is 0.445 e. The Morgan fingerprint density at radius 1 is 1.06 bits per heavy atom. The van der Waals surface area contributed by atoms with Crippen LogP contribution in [0.4, 0.5) is 4.79 Å². The molecule has 1 aromatic heterocycles. The molecule has 162 valence electrons. The van der Waals surface area contributed by atoms with Crippen molar-refractivity contribution >= 4 is 11.9 Å². The topological polar surface area (TPSA) is 99.0 Å². The third kappa shape index (κ3) is 5.97. The van der Waals surface area contributed by atoms with E-state index in [9.17, 15) is 9.59 Å². The van der Waals surface area contributed by atoms with E-state index in [1.54, 1.807) is 0 Å². The van der Waals surface area contributed by atoms with E-state index in [4.69, 9.17) is 4.74 Å². The van der Waals surface area contributed by atoms with Crippen molar-refractivity contribution < 1.29 is 14.3 Å². The van der Waals surface area contributed by atoms with Gasteiger partial charge in [0.05, 0.1) is 6.04 Å². The van der Waals surface area contributed by atoms with Gasteiger partial charge < -0.3 is 10.1 Å². The Labute approximate surface area is 181 Å². The molecule has 0 aliphatic rings. The zero-order chi connectivity index (χ0) is 22.2. The predicted molar refractivity (Wildman–Crippen MR) is 115 cm³/mol. The number of aryl methyl sites for hydroxylation is 2. The van der Waals surface area contributed by atoms with Crippen LogP contribution in [0.5, 0.6) is 0 Å². The second-order valence-electron chi connectivity index (χ2n) is 7.43. The fourth-order valence-corrected chi connectivity index (χ4v) is 3.33. The molecule has 8 heteroatoms. The molecule has 0 aliphatic heterocycles. The highest BCUT2D eigenvalue weighted by Gasteiger charge is 2.22. The Morgan fingerprint density at radius 2 is 1.77 bits per heavy atom. The number of benzene rings is 2. The molecular weight excluding hydrogens is 394 g/mol. The van der Waals surface area contributed by atoms with Gasteiger partial charge in [-0.2, -0.15) is 0 Å². The zero-order valence-electron chi connectivity index (χ0n) is 18.0. The van der Waals surface area contributed by atoms with E-state index in [1.165, 1.54) is 4.68 Å². The van der Waals surface area contributed by atoms with Gasteiger partial charge in [0.1, 0.15) is 13.2 Å². The van der Waals surface area contributed by atoms with Gasteiger partial charge >= 0.3 is 6.09 Å². The number of carbonyl (C=O) groups excluding carboxylic acids is 2. The normalized spacial score (nSPS) is 11.7. The van der Waals surface area contributed by atoms with Crippen LogP contribution in [-0.4, -0.2) is 38.1 Å². The molecule has 1 unspecified atom stereocenters. The number of amides is 1. The summed E-state index contributed by atoms with van der Waals surface area (Å²) in [5.41, 5.74) is 4.31. The number of alkyl carbamates (subject to hydrolysis) is 1. The summed E-state index contributed by atoms with van der Waals surface area (Å²) in [6, 6.07) is 14.8. The summed E-state index contributed by atoms with van der Waals surface area (Å²) in [6.07, 6.45) is 0.340. The third-order valence-corrected chi connectivity index (χ3v) is 5.19. The molecule has 0 saturated carbocycles. The lowest BCUT2D eigenvalue weighted by atomic mass is 10.00. The van der Waals surface area contributed by atoms with Crippen molar-refractivity contribution in [2.75, 3.05) is 0 Å². The third-order valence-electron chi connectivity index (χ3n) is 5.19. The highest BCUT2D eigenvalue weighted by atomic mass is 16.5. The molecule has 0 aliphatic carbocycles. The van der Waals surface area contributed by atoms with E-state index < -0.39 is 12.1 Å². The zero-order valence-corrected chi connectivity index (χ0v) is 18.0. The molecule has 2 aromatic carbocycles. The van der Waals surface area contributed by atoms with Crippen molar-refractivity contribution in [3.8, 4) is 0 Å². The molecule has 0 spiro atoms. The van der Waals surface area contributed by atoms with E-state index in [-0.39, 0.29) is 18.9 Å². The molecule has 8 nitrogen and oxygen atoms in total. The minimum atomic E-state index is -0.680. The number of nitrogens with one attached hydrogen (secondary N) is 1. The number of ether oxygens (including phenoxy) is 1. The summed E-state index contributed by atoms with van der Waals surface area (Å²) < 4.78 is 6.72. The number of hydrogen-bond acceptors (Lipinski definition) is 6. The molecule has 1 N–H and O–H groups in total. The molecular formula is C23H27N5O3. The molecule has 0 fully saturated rings. The first-order valence-corrected chi connectivity index (χ1v) is 10.3. The number of nitrogens with zero attached hydrogens (tertiary/aromatic N) is 4. The maximum atomic E-state index is 12.8. The number of tetrazole rings is 1. The number of ketones is 1. The van der Waals surface area contributed by atoms with Crippen LogP contribution in [0.15, 0.2) is 48.5 Å². The van der Waals surface area contributed by atoms with Gasteiger partial charge in [0.2, 0.25) is 0 Å². The molecule has 0 bridgehead atoms. The van der Waals surface area contributed by atoms with E-state index in [0.29, 0.717) is 18.7 Å². The summed E-state index contributed by atoms with van der Waals surface area (Å²) in [5.74, 6) is 0.418. The summed E-state index contributed by atoms with van der Waals surface area (Å²) in [7, 11) is 0. The fourth-order valence-electron chi connectivity index (χ4n) is 3.33. The Balaban J connectivity index is 1.60. The molecule has 0 saturated heterocycles. The first-order valence-electron chi connectivity index (χ1n) is 10.3. The lowest BCUT2D eigenvalue weighted by Gasteiger charge is -2.16. The van der Waals surface area contributed by atoms with Crippen LogP contribution in [-0.2, 0) is 29.1 Å². The summed E-state index contributed by atoms with van der Waals surface area (Å²) in [4.78, 5) is 24.9. The van der Waals surface area contributed by atoms with Gasteiger partial charge in [0, 0.05) is 6.42 Å². The average molecular weight is 422 g/mol. The van der Waals surface area contributed by atoms with Gasteiger partial charge in [-0.25, -0.2) is 9.48 Å². The molecule has 1 atom stereocenters. The van der Waals surface area contributed by atoms with Crippen LogP contribution < -0.4 is 5.32 Å². The Bertz CT molecular complexity index is 1010. The second kappa shape index (κ2) is 10.5. The van der Waals surface area contributed by atoms with Crippen molar-refractivity contribution in [1.29, 1.82) is 0 Å². The van der Waals surface area contributed by atoms with Crippen molar-refractivity contribution in [1.82, 2.24) is 25.5 Å². The van der Waals surface area contributed by atoms with E-state index in [0.717, 1.165) is 22.3 Å². The van der Waals surface area contributed by atoms with Crippen LogP contribution in [0.25, 0.3) is 0 Å². The van der Waals surface area contributed by atoms with Gasteiger partial charge in [0.15, 0.2) is 11.6 Å². The quantitative estimate of drug-likeness (QED) is 0.570. The van der Waals surface area contributed by atoms with Gasteiger partial charge in [-0.05, 0) is 52.9 Å². The summed E-state index contributed by atoms with van der Waals surface area (Å²) >= 11 is 0. The standard InChI is InChI=1S/C23H27N5O3/c1-4-20(24-23(30)31-15-18-11-6-5-7-12-18)21(29)14-28-22(25-26-27-28)13-19-16(2)9-8-10-17(19)3/h5-12,20H,4,13-15H2,1-3H3,(H,24,30). The molecule has 3 rings (SSSR count). The Hall–Kier alpha value is -3.55. The molecule has 31 heavy (non-hydrogen) atoms. The number of Topliss-reactive ketones (excluding diaryl/α,β-unsaturated/α-hetero) is 1. The fraction of sp³-hybridized carbons (Fsp3) is 0.348. The summed E-state index contributed by atoms with van der Waals surface area (Å²) in [6.45, 7) is 6.03. The first-order chi connectivity index (χ1) is 15.0. The van der Waals surface area contributed by atoms with Crippen LogP contribution in [0.1, 0.15) is 41.4 Å². The minimum Gasteiger partial charge on any atom is -0.445 e. The average Bonchev–Trinajstić information content (AvgIpc) is 3.20. The van der Waals surface area contributed by atoms with Crippen LogP contribution >= 0.6 is 0 Å². The molecule has 3 aromatic rings. The summed E-state index contributed by atoms with van der Waals surface area (Å²) in [5, 5.41) is 14.5. The van der Waals surface area contributed by atoms with Crippen LogP contribution in [0.2, 0.25) is 0 Å². The van der Waals surface area contributed by atoms with E-state index in [2.05, 4.69) is 20.8 Å². The van der Waals surface area contributed by atoms with Gasteiger partial charge in [-0.1, -0.05) is 55.5 Å². The lowest BCUT2D eigenvalue weighted by molar-refractivity contribution is -0.121. The van der Waals surface area contributed by atoms with E-state index in [1.807, 2.05) is 69.3 Å². The maximum absolute atomic E-state index is 12.8. The van der Waals surface area contributed by atoms with Crippen LogP contribution in [0, 0.1) is 13.8 Å². The number of aromatic nitrogens is 4. The highest BCUT2D eigenvalue weighted by molar-refractivity contribution is 5.87. The molecule has 0 radical (unpaired) electrons.